The molecule has 0 saturated heterocycles. The van der Waals surface area contributed by atoms with Gasteiger partial charge in [-0.15, -0.1) is 29.7 Å². The van der Waals surface area contributed by atoms with E-state index in [1.807, 2.05) is 52.0 Å². The second kappa shape index (κ2) is 15.9. The van der Waals surface area contributed by atoms with E-state index in [2.05, 4.69) is 193 Å². The molecule has 0 spiro atoms. The van der Waals surface area contributed by atoms with Gasteiger partial charge in [0.25, 0.3) is 6.33 Å². The molecule has 60 heavy (non-hydrogen) atoms. The largest absolute Gasteiger partial charge is 0.510 e. The molecular formula is C54H48N4OPt-2. The molecule has 0 bridgehead atoms. The van der Waals surface area contributed by atoms with E-state index in [0.717, 1.165) is 39.0 Å². The molecule has 0 aliphatic heterocycles. The van der Waals surface area contributed by atoms with Crippen LogP contribution in [0.3, 0.4) is 0 Å². The van der Waals surface area contributed by atoms with Gasteiger partial charge in [-0.2, -0.15) is 18.2 Å². The average Bonchev–Trinajstić information content (AvgIpc) is 3.88. The molecule has 0 aliphatic rings. The zero-order chi connectivity index (χ0) is 40.9. The van der Waals surface area contributed by atoms with Gasteiger partial charge in [0.05, 0.1) is 5.69 Å². The number of rotatable bonds is 9. The molecule has 3 heterocycles. The molecule has 6 heteroatoms. The van der Waals surface area contributed by atoms with Crippen LogP contribution >= 0.6 is 0 Å². The van der Waals surface area contributed by atoms with E-state index >= 15 is 0 Å². The molecule has 0 N–H and O–H groups in total. The summed E-state index contributed by atoms with van der Waals surface area (Å²) in [5.41, 5.74) is 9.67. The smallest absolute Gasteiger partial charge is 0.267 e. The number of hydrogen-bond acceptors (Lipinski definition) is 2. The number of pyridine rings is 1. The summed E-state index contributed by atoms with van der Waals surface area (Å²) in [5, 5.41) is 2.23. The van der Waals surface area contributed by atoms with E-state index in [4.69, 9.17) is 9.72 Å². The first-order valence-corrected chi connectivity index (χ1v) is 20.3. The predicted octanol–water partition coefficient (Wildman–Crippen LogP) is 12.4. The van der Waals surface area contributed by atoms with Gasteiger partial charge in [-0.25, -0.2) is 4.98 Å². The Hall–Kier alpha value is -6.03. The summed E-state index contributed by atoms with van der Waals surface area (Å²) in [6.45, 7) is 15.8. The normalized spacial score (nSPS) is 12.1. The van der Waals surface area contributed by atoms with Gasteiger partial charge in [-0.05, 0) is 74.6 Å². The zero-order valence-corrected chi connectivity index (χ0v) is 37.4. The van der Waals surface area contributed by atoms with E-state index in [9.17, 15) is 0 Å². The van der Waals surface area contributed by atoms with Gasteiger partial charge in [-0.3, -0.25) is 4.57 Å². The summed E-state index contributed by atoms with van der Waals surface area (Å²) in [6.07, 6.45) is 9.41. The molecule has 0 amide bonds. The first-order valence-electron chi connectivity index (χ1n) is 20.3. The third-order valence-corrected chi connectivity index (χ3v) is 11.9. The zero-order valence-electron chi connectivity index (χ0n) is 35.1. The maximum Gasteiger partial charge on any atom is 0.267 e. The summed E-state index contributed by atoms with van der Waals surface area (Å²) in [5.74, 6) is 2.03. The first-order chi connectivity index (χ1) is 28.4. The Bertz CT molecular complexity index is 2950. The Labute approximate surface area is 368 Å². The van der Waals surface area contributed by atoms with Crippen molar-refractivity contribution in [1.29, 1.82) is 0 Å². The van der Waals surface area contributed by atoms with Crippen LogP contribution in [0.25, 0.3) is 39.0 Å². The molecule has 0 fully saturated rings. The summed E-state index contributed by atoms with van der Waals surface area (Å²) in [7, 11) is 0. The number of imidazole rings is 1. The van der Waals surface area contributed by atoms with E-state index in [-0.39, 0.29) is 37.3 Å². The quantitative estimate of drug-likeness (QED) is 0.107. The second-order valence-electron chi connectivity index (χ2n) is 17.5. The standard InChI is InChI=1S/C54H48N4O.Pt/c1-52(2,3)40-28-29-55-51(34-40)58-49-27-24-42(54(6,7)39-18-12-9-13-19-39)33-48(49)47-26-25-46(36-50(47)58)59-45-23-15-22-44(35-45)57-31-30-56(37-57)43-21-14-20-41(32-43)53(4,5)38-16-10-8-11-17-38;/h8-34H,1-7H3;/q-2;. The van der Waals surface area contributed by atoms with Crippen LogP contribution in [0.5, 0.6) is 11.5 Å². The van der Waals surface area contributed by atoms with Crippen LogP contribution in [0.2, 0.25) is 0 Å². The summed E-state index contributed by atoms with van der Waals surface area (Å²) < 4.78 is 12.7. The topological polar surface area (TPSA) is 35.9 Å². The molecule has 6 aromatic carbocycles. The van der Waals surface area contributed by atoms with Crippen molar-refractivity contribution in [1.82, 2.24) is 14.1 Å². The Morgan fingerprint density at radius 1 is 0.567 bits per heavy atom. The predicted molar refractivity (Wildman–Crippen MR) is 238 cm³/mol. The van der Waals surface area contributed by atoms with Crippen LogP contribution < -0.4 is 9.30 Å². The van der Waals surface area contributed by atoms with Crippen molar-refractivity contribution in [3.05, 3.63) is 210 Å². The van der Waals surface area contributed by atoms with Crippen molar-refractivity contribution in [2.45, 2.75) is 64.7 Å². The van der Waals surface area contributed by atoms with E-state index in [1.54, 1.807) is 0 Å². The van der Waals surface area contributed by atoms with Crippen LogP contribution in [0.4, 0.5) is 0 Å². The summed E-state index contributed by atoms with van der Waals surface area (Å²) in [4.78, 5) is 4.92. The minimum atomic E-state index is -0.193. The van der Waals surface area contributed by atoms with Gasteiger partial charge < -0.3 is 13.9 Å². The minimum Gasteiger partial charge on any atom is -0.510 e. The Kier molecular flexibility index (Phi) is 10.8. The molecule has 3 aromatic heterocycles. The van der Waals surface area contributed by atoms with Gasteiger partial charge in [0.2, 0.25) is 0 Å². The number of hydrogen-bond donors (Lipinski definition) is 0. The third kappa shape index (κ3) is 7.64. The fourth-order valence-electron chi connectivity index (χ4n) is 8.05. The SMILES string of the molecule is CC(C)(C)c1ccnc(-n2c3[c-]c(Oc4[c-]c(-n5[c-][n+](-c6cccc(C(C)(C)c7ccccc7)c6)cc5)ccc4)ccc3c3cc(C(C)(C)c4ccccc4)ccc32)c1.[Pt]. The molecule has 0 unspecified atom stereocenters. The molecule has 0 atom stereocenters. The van der Waals surface area contributed by atoms with Crippen molar-refractivity contribution in [3.8, 4) is 28.7 Å². The number of nitrogens with zero attached hydrogens (tertiary/aromatic N) is 4. The molecular weight excluding hydrogens is 916 g/mol. The van der Waals surface area contributed by atoms with E-state index < -0.39 is 0 Å². The van der Waals surface area contributed by atoms with Crippen LogP contribution in [0.15, 0.2) is 164 Å². The van der Waals surface area contributed by atoms with Crippen LogP contribution in [0.1, 0.15) is 76.3 Å². The van der Waals surface area contributed by atoms with Crippen LogP contribution in [-0.4, -0.2) is 14.1 Å². The maximum atomic E-state index is 6.56. The van der Waals surface area contributed by atoms with Crippen LogP contribution in [-0.2, 0) is 37.3 Å². The summed E-state index contributed by atoms with van der Waals surface area (Å²) in [6, 6.07) is 58.3. The first kappa shape index (κ1) is 40.7. The summed E-state index contributed by atoms with van der Waals surface area (Å²) >= 11 is 0. The third-order valence-electron chi connectivity index (χ3n) is 11.9. The second-order valence-corrected chi connectivity index (χ2v) is 17.5. The van der Waals surface area contributed by atoms with Crippen molar-refractivity contribution < 1.29 is 30.4 Å². The Balaban J connectivity index is 0.00000499. The van der Waals surface area contributed by atoms with Gasteiger partial charge in [0.1, 0.15) is 5.82 Å². The van der Waals surface area contributed by atoms with Gasteiger partial charge >= 0.3 is 0 Å². The molecule has 0 aliphatic carbocycles. The fraction of sp³-hybridized carbons (Fsp3) is 0.185. The minimum absolute atomic E-state index is 0. The maximum absolute atomic E-state index is 6.56. The van der Waals surface area contributed by atoms with Crippen molar-refractivity contribution in [2.75, 3.05) is 0 Å². The Morgan fingerprint density at radius 2 is 1.22 bits per heavy atom. The molecule has 9 rings (SSSR count). The number of ether oxygens (including phenoxy) is 1. The number of fused-ring (bicyclic) bond motifs is 3. The molecule has 5 nitrogen and oxygen atoms in total. The Morgan fingerprint density at radius 3 is 1.92 bits per heavy atom. The van der Waals surface area contributed by atoms with Gasteiger partial charge in [0.15, 0.2) is 0 Å². The fourth-order valence-corrected chi connectivity index (χ4v) is 8.05. The molecule has 9 aromatic rings. The van der Waals surface area contributed by atoms with Crippen molar-refractivity contribution >= 4 is 21.8 Å². The van der Waals surface area contributed by atoms with Gasteiger partial charge in [-0.1, -0.05) is 139 Å². The molecule has 0 radical (unpaired) electrons. The van der Waals surface area contributed by atoms with E-state index in [1.165, 1.54) is 27.8 Å². The van der Waals surface area contributed by atoms with Crippen molar-refractivity contribution in [2.24, 2.45) is 0 Å². The van der Waals surface area contributed by atoms with Crippen molar-refractivity contribution in [3.63, 3.8) is 0 Å². The molecule has 0 saturated carbocycles. The number of aromatic nitrogens is 4. The van der Waals surface area contributed by atoms with Gasteiger partial charge in [0, 0.05) is 67.5 Å². The monoisotopic (exact) mass is 963 g/mol. The van der Waals surface area contributed by atoms with E-state index in [0.29, 0.717) is 11.5 Å². The average molecular weight is 964 g/mol. The number of benzene rings is 6. The van der Waals surface area contributed by atoms with Crippen LogP contribution in [0, 0.1) is 18.5 Å². The molecule has 302 valence electrons.